The second kappa shape index (κ2) is 5.57. The number of ether oxygens (including phenoxy) is 1. The van der Waals surface area contributed by atoms with Crippen LogP contribution >= 0.6 is 0 Å². The van der Waals surface area contributed by atoms with Crippen molar-refractivity contribution in [2.24, 2.45) is 0 Å². The molecule has 0 aliphatic carbocycles. The minimum absolute atomic E-state index is 0.634. The number of carbonyl (C=O) groups is 1. The zero-order valence-corrected chi connectivity index (χ0v) is 10.3. The molecule has 0 aromatic rings. The van der Waals surface area contributed by atoms with E-state index in [1.165, 1.54) is 0 Å². The Kier molecular flexibility index (Phi) is 5.32. The Hall–Kier alpha value is -0.710. The number of sulfone groups is 1. The van der Waals surface area contributed by atoms with Crippen LogP contribution in [0.2, 0.25) is 0 Å². The SMILES string of the molecule is COC(=O)C(O)CNS(=O)(=O)CS(C)(=O)=O. The normalized spacial score (nSPS) is 14.4. The van der Waals surface area contributed by atoms with Gasteiger partial charge in [-0.3, -0.25) is 0 Å². The van der Waals surface area contributed by atoms with Crippen molar-refractivity contribution in [2.45, 2.75) is 6.10 Å². The van der Waals surface area contributed by atoms with E-state index in [4.69, 9.17) is 5.11 Å². The summed E-state index contributed by atoms with van der Waals surface area (Å²) in [5.41, 5.74) is 0. The predicted octanol–water partition coefficient (Wildman–Crippen LogP) is -2.56. The maximum atomic E-state index is 11.1. The van der Waals surface area contributed by atoms with Crippen molar-refractivity contribution in [1.82, 2.24) is 4.72 Å². The molecule has 0 aromatic carbocycles. The number of rotatable bonds is 6. The number of nitrogens with one attached hydrogen (secondary N) is 1. The van der Waals surface area contributed by atoms with Gasteiger partial charge in [-0.05, 0) is 0 Å². The van der Waals surface area contributed by atoms with Crippen LogP contribution in [0.3, 0.4) is 0 Å². The average molecular weight is 275 g/mol. The molecule has 1 unspecified atom stereocenters. The molecule has 1 atom stereocenters. The van der Waals surface area contributed by atoms with Gasteiger partial charge >= 0.3 is 5.97 Å². The van der Waals surface area contributed by atoms with Gasteiger partial charge in [0, 0.05) is 12.8 Å². The first-order valence-electron chi connectivity index (χ1n) is 3.98. The summed E-state index contributed by atoms with van der Waals surface area (Å²) in [6.45, 7) is -0.634. The van der Waals surface area contributed by atoms with Crippen molar-refractivity contribution >= 4 is 25.8 Å². The smallest absolute Gasteiger partial charge is 0.336 e. The van der Waals surface area contributed by atoms with Crippen LogP contribution in [0.1, 0.15) is 0 Å². The number of hydrogen-bond acceptors (Lipinski definition) is 7. The third-order valence-corrected chi connectivity index (χ3v) is 4.90. The Balaban J connectivity index is 4.37. The highest BCUT2D eigenvalue weighted by atomic mass is 32.3. The van der Waals surface area contributed by atoms with E-state index in [1.807, 2.05) is 0 Å². The van der Waals surface area contributed by atoms with Crippen molar-refractivity contribution in [3.63, 3.8) is 0 Å². The minimum atomic E-state index is -4.08. The van der Waals surface area contributed by atoms with E-state index in [2.05, 4.69) is 4.74 Å². The van der Waals surface area contributed by atoms with Crippen molar-refractivity contribution in [2.75, 3.05) is 25.0 Å². The van der Waals surface area contributed by atoms with Crippen molar-refractivity contribution in [3.8, 4) is 0 Å². The number of methoxy groups -OCH3 is 1. The lowest BCUT2D eigenvalue weighted by molar-refractivity contribution is -0.149. The lowest BCUT2D eigenvalue weighted by Gasteiger charge is -2.09. The van der Waals surface area contributed by atoms with Gasteiger partial charge in [-0.25, -0.2) is 26.4 Å². The molecule has 0 fully saturated rings. The molecule has 8 nitrogen and oxygen atoms in total. The van der Waals surface area contributed by atoms with Crippen LogP contribution in [0.25, 0.3) is 0 Å². The summed E-state index contributed by atoms with van der Waals surface area (Å²) in [4.78, 5) is 10.7. The maximum absolute atomic E-state index is 11.1. The number of aliphatic hydroxyl groups excluding tert-OH is 1. The highest BCUT2D eigenvalue weighted by Gasteiger charge is 2.22. The van der Waals surface area contributed by atoms with E-state index in [9.17, 15) is 21.6 Å². The third kappa shape index (κ3) is 6.71. The van der Waals surface area contributed by atoms with Crippen LogP contribution in [-0.2, 0) is 29.4 Å². The molecule has 0 amide bonds. The predicted molar refractivity (Wildman–Crippen MR) is 54.7 cm³/mol. The topological polar surface area (TPSA) is 127 Å². The molecule has 0 spiro atoms. The van der Waals surface area contributed by atoms with Gasteiger partial charge in [-0.2, -0.15) is 0 Å². The molecule has 0 saturated carbocycles. The van der Waals surface area contributed by atoms with Gasteiger partial charge < -0.3 is 9.84 Å². The molecule has 16 heavy (non-hydrogen) atoms. The van der Waals surface area contributed by atoms with Crippen LogP contribution < -0.4 is 4.72 Å². The van der Waals surface area contributed by atoms with Crippen LogP contribution in [0.15, 0.2) is 0 Å². The Morgan fingerprint density at radius 1 is 1.38 bits per heavy atom. The maximum Gasteiger partial charge on any atom is 0.336 e. The van der Waals surface area contributed by atoms with Crippen molar-refractivity contribution < 1.29 is 31.5 Å². The quantitative estimate of drug-likeness (QED) is 0.510. The second-order valence-corrected chi connectivity index (χ2v) is 7.36. The fourth-order valence-electron chi connectivity index (χ4n) is 0.749. The van der Waals surface area contributed by atoms with Crippen molar-refractivity contribution in [1.29, 1.82) is 0 Å². The Labute approximate surface area is 93.6 Å². The third-order valence-electron chi connectivity index (χ3n) is 1.34. The molecule has 0 aliphatic heterocycles. The molecule has 2 N–H and O–H groups in total. The Bertz CT molecular complexity index is 437. The Morgan fingerprint density at radius 2 is 1.88 bits per heavy atom. The molecule has 10 heteroatoms. The molecule has 0 heterocycles. The number of aliphatic hydroxyl groups is 1. The van der Waals surface area contributed by atoms with Gasteiger partial charge in [0.15, 0.2) is 21.0 Å². The molecule has 0 bridgehead atoms. The molecule has 0 aromatic heterocycles. The molecule has 0 rings (SSSR count). The second-order valence-electron chi connectivity index (χ2n) is 3.05. The lowest BCUT2D eigenvalue weighted by Crippen LogP contribution is -2.39. The summed E-state index contributed by atoms with van der Waals surface area (Å²) in [5, 5.41) is 7.93. The molecular formula is C6H13NO7S2. The summed E-state index contributed by atoms with van der Waals surface area (Å²) < 4.78 is 49.5. The summed E-state index contributed by atoms with van der Waals surface area (Å²) >= 11 is 0. The number of sulfonamides is 1. The Morgan fingerprint density at radius 3 is 2.25 bits per heavy atom. The van der Waals surface area contributed by atoms with E-state index in [-0.39, 0.29) is 0 Å². The van der Waals surface area contributed by atoms with E-state index in [0.29, 0.717) is 0 Å². The van der Waals surface area contributed by atoms with Crippen molar-refractivity contribution in [3.05, 3.63) is 0 Å². The monoisotopic (exact) mass is 275 g/mol. The summed E-state index contributed by atoms with van der Waals surface area (Å²) in [6.07, 6.45) is -0.914. The number of carbonyl (C=O) groups excluding carboxylic acids is 1. The first-order chi connectivity index (χ1) is 7.07. The highest BCUT2D eigenvalue weighted by molar-refractivity contribution is 8.06. The number of hydrogen-bond donors (Lipinski definition) is 2. The number of esters is 1. The minimum Gasteiger partial charge on any atom is -0.467 e. The molecular weight excluding hydrogens is 262 g/mol. The van der Waals surface area contributed by atoms with Gasteiger partial charge in [0.05, 0.1) is 7.11 Å². The standard InChI is InChI=1S/C6H13NO7S2/c1-14-6(9)5(8)3-7-16(12,13)4-15(2,10)11/h5,7-8H,3-4H2,1-2H3. The average Bonchev–Trinajstić information content (AvgIpc) is 2.09. The van der Waals surface area contributed by atoms with Crippen LogP contribution in [0, 0.1) is 0 Å². The van der Waals surface area contributed by atoms with Gasteiger partial charge in [-0.1, -0.05) is 0 Å². The largest absolute Gasteiger partial charge is 0.467 e. The zero-order chi connectivity index (χ0) is 13.0. The van der Waals surface area contributed by atoms with E-state index < -0.39 is 43.6 Å². The van der Waals surface area contributed by atoms with Crippen LogP contribution in [0.5, 0.6) is 0 Å². The molecule has 0 radical (unpaired) electrons. The first-order valence-corrected chi connectivity index (χ1v) is 7.69. The fraction of sp³-hybridized carbons (Fsp3) is 0.833. The summed E-state index contributed by atoms with van der Waals surface area (Å²) in [5.74, 6) is -1.01. The molecule has 0 aliphatic rings. The fourth-order valence-corrected chi connectivity index (χ4v) is 3.75. The van der Waals surface area contributed by atoms with Crippen LogP contribution in [-0.4, -0.2) is 59.0 Å². The van der Waals surface area contributed by atoms with Gasteiger partial charge in [0.1, 0.15) is 0 Å². The van der Waals surface area contributed by atoms with Gasteiger partial charge in [-0.15, -0.1) is 0 Å². The van der Waals surface area contributed by atoms with Gasteiger partial charge in [0.25, 0.3) is 0 Å². The van der Waals surface area contributed by atoms with E-state index in [0.717, 1.165) is 13.4 Å². The lowest BCUT2D eigenvalue weighted by atomic mass is 10.4. The first kappa shape index (κ1) is 15.3. The van der Waals surface area contributed by atoms with E-state index in [1.54, 1.807) is 4.72 Å². The highest BCUT2D eigenvalue weighted by Crippen LogP contribution is 1.93. The van der Waals surface area contributed by atoms with Crippen LogP contribution in [0.4, 0.5) is 0 Å². The zero-order valence-electron chi connectivity index (χ0n) is 8.70. The van der Waals surface area contributed by atoms with E-state index >= 15 is 0 Å². The summed E-state index contributed by atoms with van der Waals surface area (Å²) in [7, 11) is -6.76. The summed E-state index contributed by atoms with van der Waals surface area (Å²) in [6, 6.07) is 0. The molecule has 96 valence electrons. The van der Waals surface area contributed by atoms with Gasteiger partial charge in [0.2, 0.25) is 10.0 Å². The molecule has 0 saturated heterocycles.